The SMILES string of the molecule is CC(C)N(CC1CCNCC1)C(C)c1ccc(Cl)cc1Cl. The quantitative estimate of drug-likeness (QED) is 0.837. The van der Waals surface area contributed by atoms with Gasteiger partial charge in [0.2, 0.25) is 0 Å². The third kappa shape index (κ3) is 4.59. The number of hydrogen-bond donors (Lipinski definition) is 1. The van der Waals surface area contributed by atoms with E-state index in [9.17, 15) is 0 Å². The van der Waals surface area contributed by atoms with E-state index in [1.54, 1.807) is 0 Å². The Morgan fingerprint density at radius 1 is 1.19 bits per heavy atom. The van der Waals surface area contributed by atoms with Crippen molar-refractivity contribution in [1.29, 1.82) is 0 Å². The number of piperidine rings is 1. The van der Waals surface area contributed by atoms with Crippen molar-refractivity contribution >= 4 is 23.2 Å². The molecular weight excluding hydrogens is 303 g/mol. The number of nitrogens with one attached hydrogen (secondary N) is 1. The van der Waals surface area contributed by atoms with Crippen LogP contribution in [0.25, 0.3) is 0 Å². The molecule has 1 aromatic rings. The molecular formula is C17H26Cl2N2. The van der Waals surface area contributed by atoms with Crippen LogP contribution < -0.4 is 5.32 Å². The molecule has 1 aliphatic rings. The maximum absolute atomic E-state index is 6.39. The van der Waals surface area contributed by atoms with Gasteiger partial charge in [-0.3, -0.25) is 4.90 Å². The van der Waals surface area contributed by atoms with Crippen molar-refractivity contribution < 1.29 is 0 Å². The van der Waals surface area contributed by atoms with E-state index < -0.39 is 0 Å². The van der Waals surface area contributed by atoms with Crippen LogP contribution in [0.1, 0.15) is 45.2 Å². The molecule has 118 valence electrons. The lowest BCUT2D eigenvalue weighted by Crippen LogP contribution is -2.40. The van der Waals surface area contributed by atoms with E-state index >= 15 is 0 Å². The standard InChI is InChI=1S/C17H26Cl2N2/c1-12(2)21(11-14-6-8-20-9-7-14)13(3)16-5-4-15(18)10-17(16)19/h4-5,10,12-14,20H,6-9,11H2,1-3H3. The second-order valence-corrected chi connectivity index (χ2v) is 7.17. The Morgan fingerprint density at radius 2 is 1.86 bits per heavy atom. The summed E-state index contributed by atoms with van der Waals surface area (Å²) in [6, 6.07) is 6.65. The Morgan fingerprint density at radius 3 is 2.43 bits per heavy atom. The van der Waals surface area contributed by atoms with Gasteiger partial charge in [0.05, 0.1) is 0 Å². The average Bonchev–Trinajstić information content (AvgIpc) is 2.45. The zero-order valence-corrected chi connectivity index (χ0v) is 14.7. The zero-order valence-electron chi connectivity index (χ0n) is 13.2. The molecule has 2 rings (SSSR count). The van der Waals surface area contributed by atoms with Gasteiger partial charge < -0.3 is 5.32 Å². The van der Waals surface area contributed by atoms with E-state index in [1.807, 2.05) is 12.1 Å². The molecule has 2 nitrogen and oxygen atoms in total. The molecule has 0 spiro atoms. The Bertz CT molecular complexity index is 456. The van der Waals surface area contributed by atoms with Gasteiger partial charge in [-0.15, -0.1) is 0 Å². The van der Waals surface area contributed by atoms with Crippen molar-refractivity contribution in [2.45, 2.75) is 45.7 Å². The highest BCUT2D eigenvalue weighted by atomic mass is 35.5. The Labute approximate surface area is 138 Å². The minimum Gasteiger partial charge on any atom is -0.317 e. The molecule has 0 radical (unpaired) electrons. The summed E-state index contributed by atoms with van der Waals surface area (Å²) in [5.41, 5.74) is 1.17. The lowest BCUT2D eigenvalue weighted by molar-refractivity contribution is 0.125. The fourth-order valence-electron chi connectivity index (χ4n) is 3.20. The maximum atomic E-state index is 6.39. The van der Waals surface area contributed by atoms with Gasteiger partial charge in [0.25, 0.3) is 0 Å². The zero-order chi connectivity index (χ0) is 15.4. The Hall–Kier alpha value is -0.280. The van der Waals surface area contributed by atoms with E-state index in [4.69, 9.17) is 23.2 Å². The lowest BCUT2D eigenvalue weighted by Gasteiger charge is -2.37. The summed E-state index contributed by atoms with van der Waals surface area (Å²) in [6.07, 6.45) is 2.54. The fraction of sp³-hybridized carbons (Fsp3) is 0.647. The van der Waals surface area contributed by atoms with Crippen LogP contribution in [0.5, 0.6) is 0 Å². The highest BCUT2D eigenvalue weighted by Crippen LogP contribution is 2.32. The Balaban J connectivity index is 2.12. The van der Waals surface area contributed by atoms with E-state index in [-0.39, 0.29) is 0 Å². The molecule has 0 saturated carbocycles. The minimum absolute atomic E-state index is 0.310. The van der Waals surface area contributed by atoms with Gasteiger partial charge in [0, 0.05) is 28.7 Å². The first-order chi connectivity index (χ1) is 9.99. The van der Waals surface area contributed by atoms with Crippen LogP contribution in [0, 0.1) is 5.92 Å². The summed E-state index contributed by atoms with van der Waals surface area (Å²) in [5, 5.41) is 4.91. The topological polar surface area (TPSA) is 15.3 Å². The molecule has 1 unspecified atom stereocenters. The highest BCUT2D eigenvalue weighted by molar-refractivity contribution is 6.35. The molecule has 1 N–H and O–H groups in total. The van der Waals surface area contributed by atoms with Crippen LogP contribution >= 0.6 is 23.2 Å². The first-order valence-electron chi connectivity index (χ1n) is 7.90. The predicted octanol–water partition coefficient (Wildman–Crippen LogP) is 4.76. The van der Waals surface area contributed by atoms with Gasteiger partial charge in [0.1, 0.15) is 0 Å². The number of halogens is 2. The Kier molecular flexibility index (Phi) is 6.36. The summed E-state index contributed by atoms with van der Waals surface area (Å²) >= 11 is 12.4. The number of hydrogen-bond acceptors (Lipinski definition) is 2. The third-order valence-corrected chi connectivity index (χ3v) is 5.06. The molecule has 0 bridgehead atoms. The van der Waals surface area contributed by atoms with Gasteiger partial charge in [-0.1, -0.05) is 29.3 Å². The van der Waals surface area contributed by atoms with Crippen LogP contribution in [0.3, 0.4) is 0 Å². The van der Waals surface area contributed by atoms with Gasteiger partial charge in [-0.25, -0.2) is 0 Å². The number of rotatable bonds is 5. The largest absolute Gasteiger partial charge is 0.317 e. The molecule has 21 heavy (non-hydrogen) atoms. The fourth-order valence-corrected chi connectivity index (χ4v) is 3.76. The first kappa shape index (κ1) is 17.1. The molecule has 1 aromatic carbocycles. The maximum Gasteiger partial charge on any atom is 0.0468 e. The van der Waals surface area contributed by atoms with E-state index in [0.717, 1.165) is 30.6 Å². The van der Waals surface area contributed by atoms with Crippen molar-refractivity contribution in [3.8, 4) is 0 Å². The van der Waals surface area contributed by atoms with E-state index in [2.05, 4.69) is 37.1 Å². The molecule has 1 saturated heterocycles. The van der Waals surface area contributed by atoms with Crippen LogP contribution in [-0.2, 0) is 0 Å². The molecule has 0 aromatic heterocycles. The highest BCUT2D eigenvalue weighted by Gasteiger charge is 2.24. The molecule has 1 fully saturated rings. The van der Waals surface area contributed by atoms with Crippen LogP contribution in [-0.4, -0.2) is 30.6 Å². The van der Waals surface area contributed by atoms with Gasteiger partial charge in [-0.05, 0) is 70.3 Å². The smallest absolute Gasteiger partial charge is 0.0468 e. The summed E-state index contributed by atoms with van der Waals surface area (Å²) in [6.45, 7) is 10.2. The van der Waals surface area contributed by atoms with E-state index in [1.165, 1.54) is 18.4 Å². The molecule has 1 aliphatic heterocycles. The lowest BCUT2D eigenvalue weighted by atomic mass is 9.95. The molecule has 4 heteroatoms. The molecule has 0 amide bonds. The normalized spacial score (nSPS) is 18.4. The second kappa shape index (κ2) is 7.82. The van der Waals surface area contributed by atoms with Crippen molar-refractivity contribution in [3.63, 3.8) is 0 Å². The molecule has 1 heterocycles. The molecule has 1 atom stereocenters. The van der Waals surface area contributed by atoms with Crippen LogP contribution in [0.4, 0.5) is 0 Å². The summed E-state index contributed by atoms with van der Waals surface area (Å²) in [4.78, 5) is 2.56. The summed E-state index contributed by atoms with van der Waals surface area (Å²) < 4.78 is 0. The van der Waals surface area contributed by atoms with Crippen molar-refractivity contribution in [2.24, 2.45) is 5.92 Å². The van der Waals surface area contributed by atoms with Gasteiger partial charge >= 0.3 is 0 Å². The van der Waals surface area contributed by atoms with Crippen LogP contribution in [0.15, 0.2) is 18.2 Å². The molecule has 0 aliphatic carbocycles. The third-order valence-electron chi connectivity index (χ3n) is 4.50. The number of nitrogens with zero attached hydrogens (tertiary/aromatic N) is 1. The van der Waals surface area contributed by atoms with Gasteiger partial charge in [-0.2, -0.15) is 0 Å². The van der Waals surface area contributed by atoms with Crippen LogP contribution in [0.2, 0.25) is 10.0 Å². The average molecular weight is 329 g/mol. The number of benzene rings is 1. The van der Waals surface area contributed by atoms with Crippen molar-refractivity contribution in [3.05, 3.63) is 33.8 Å². The van der Waals surface area contributed by atoms with Crippen molar-refractivity contribution in [1.82, 2.24) is 10.2 Å². The monoisotopic (exact) mass is 328 g/mol. The summed E-state index contributed by atoms with van der Waals surface area (Å²) in [7, 11) is 0. The second-order valence-electron chi connectivity index (χ2n) is 6.33. The predicted molar refractivity (Wildman–Crippen MR) is 92.3 cm³/mol. The minimum atomic E-state index is 0.310. The summed E-state index contributed by atoms with van der Waals surface area (Å²) in [5.74, 6) is 0.780. The first-order valence-corrected chi connectivity index (χ1v) is 8.66. The van der Waals surface area contributed by atoms with Gasteiger partial charge in [0.15, 0.2) is 0 Å². The van der Waals surface area contributed by atoms with E-state index in [0.29, 0.717) is 17.1 Å². The van der Waals surface area contributed by atoms with Crippen molar-refractivity contribution in [2.75, 3.05) is 19.6 Å².